The molecule has 0 heterocycles. The van der Waals surface area contributed by atoms with Crippen LogP contribution in [0.1, 0.15) is 19.8 Å². The highest BCUT2D eigenvalue weighted by molar-refractivity contribution is 6.32. The topological polar surface area (TPSA) is 67.4 Å². The molecule has 0 unspecified atom stereocenters. The van der Waals surface area contributed by atoms with E-state index in [0.29, 0.717) is 43.3 Å². The Labute approximate surface area is 123 Å². The minimum atomic E-state index is -0.104. The van der Waals surface area contributed by atoms with Crippen molar-refractivity contribution in [2.75, 3.05) is 19.7 Å². The number of benzene rings is 1. The van der Waals surface area contributed by atoms with E-state index in [1.807, 2.05) is 12.1 Å². The summed E-state index contributed by atoms with van der Waals surface area (Å²) in [5.41, 5.74) is 0. The van der Waals surface area contributed by atoms with E-state index < -0.39 is 0 Å². The Balaban J connectivity index is 2.07. The van der Waals surface area contributed by atoms with E-state index in [1.165, 1.54) is 6.92 Å². The SMILES string of the molecule is CC(=O)NCCNC(=O)CCCOc1ccccc1Cl. The van der Waals surface area contributed by atoms with Crippen LogP contribution in [0, 0.1) is 0 Å². The molecular formula is C14H19ClN2O3. The van der Waals surface area contributed by atoms with E-state index in [0.717, 1.165) is 0 Å². The van der Waals surface area contributed by atoms with Crippen LogP contribution in [0.2, 0.25) is 5.02 Å². The molecule has 2 N–H and O–H groups in total. The maximum absolute atomic E-state index is 11.5. The fourth-order valence-electron chi connectivity index (χ4n) is 1.51. The number of carbonyl (C=O) groups excluding carboxylic acids is 2. The quantitative estimate of drug-likeness (QED) is 0.719. The summed E-state index contributed by atoms with van der Waals surface area (Å²) in [4.78, 5) is 22.1. The van der Waals surface area contributed by atoms with Gasteiger partial charge >= 0.3 is 0 Å². The van der Waals surface area contributed by atoms with E-state index in [9.17, 15) is 9.59 Å². The highest BCUT2D eigenvalue weighted by Crippen LogP contribution is 2.23. The van der Waals surface area contributed by atoms with Gasteiger partial charge in [0.2, 0.25) is 11.8 Å². The predicted octanol–water partition coefficient (Wildman–Crippen LogP) is 1.75. The van der Waals surface area contributed by atoms with Crippen molar-refractivity contribution in [3.05, 3.63) is 29.3 Å². The van der Waals surface area contributed by atoms with Crippen LogP contribution in [0.3, 0.4) is 0 Å². The van der Waals surface area contributed by atoms with Crippen molar-refractivity contribution < 1.29 is 14.3 Å². The number of nitrogens with one attached hydrogen (secondary N) is 2. The van der Waals surface area contributed by atoms with E-state index in [-0.39, 0.29) is 11.8 Å². The van der Waals surface area contributed by atoms with Crippen molar-refractivity contribution in [1.29, 1.82) is 0 Å². The molecule has 6 heteroatoms. The van der Waals surface area contributed by atoms with Crippen LogP contribution >= 0.6 is 11.6 Å². The van der Waals surface area contributed by atoms with Crippen molar-refractivity contribution in [3.63, 3.8) is 0 Å². The van der Waals surface area contributed by atoms with Gasteiger partial charge < -0.3 is 15.4 Å². The maximum atomic E-state index is 11.5. The zero-order valence-electron chi connectivity index (χ0n) is 11.4. The molecule has 0 saturated heterocycles. The molecule has 1 aromatic carbocycles. The van der Waals surface area contributed by atoms with Gasteiger partial charge in [0.1, 0.15) is 5.75 Å². The van der Waals surface area contributed by atoms with Crippen LogP contribution < -0.4 is 15.4 Å². The first-order valence-electron chi connectivity index (χ1n) is 6.48. The van der Waals surface area contributed by atoms with Crippen LogP contribution in [0.25, 0.3) is 0 Å². The molecule has 0 aliphatic rings. The Kier molecular flexibility index (Phi) is 7.50. The number of ether oxygens (including phenoxy) is 1. The average Bonchev–Trinajstić information content (AvgIpc) is 2.41. The molecule has 0 radical (unpaired) electrons. The van der Waals surface area contributed by atoms with E-state index in [2.05, 4.69) is 10.6 Å². The average molecular weight is 299 g/mol. The Morgan fingerprint density at radius 2 is 1.90 bits per heavy atom. The summed E-state index contributed by atoms with van der Waals surface area (Å²) in [5, 5.41) is 5.88. The molecule has 0 aliphatic carbocycles. The molecule has 0 aromatic heterocycles. The minimum absolute atomic E-state index is 0.0573. The second kappa shape index (κ2) is 9.20. The lowest BCUT2D eigenvalue weighted by molar-refractivity contribution is -0.122. The molecule has 1 aromatic rings. The van der Waals surface area contributed by atoms with Crippen molar-refractivity contribution >= 4 is 23.4 Å². The summed E-state index contributed by atoms with van der Waals surface area (Å²) in [7, 11) is 0. The fourth-order valence-corrected chi connectivity index (χ4v) is 1.70. The Morgan fingerprint density at radius 1 is 1.20 bits per heavy atom. The molecule has 5 nitrogen and oxygen atoms in total. The lowest BCUT2D eigenvalue weighted by atomic mass is 10.3. The van der Waals surface area contributed by atoms with Crippen molar-refractivity contribution in [2.24, 2.45) is 0 Å². The van der Waals surface area contributed by atoms with Gasteiger partial charge in [-0.3, -0.25) is 9.59 Å². The highest BCUT2D eigenvalue weighted by atomic mass is 35.5. The second-order valence-electron chi connectivity index (χ2n) is 4.22. The summed E-state index contributed by atoms with van der Waals surface area (Å²) in [6.45, 7) is 2.75. The maximum Gasteiger partial charge on any atom is 0.220 e. The molecule has 0 fully saturated rings. The standard InChI is InChI=1S/C14H19ClN2O3/c1-11(18)16-8-9-17-14(19)7-4-10-20-13-6-3-2-5-12(13)15/h2-3,5-6H,4,7-10H2,1H3,(H,16,18)(H,17,19). The third kappa shape index (κ3) is 6.99. The highest BCUT2D eigenvalue weighted by Gasteiger charge is 2.03. The van der Waals surface area contributed by atoms with Gasteiger partial charge in [-0.05, 0) is 18.6 Å². The second-order valence-corrected chi connectivity index (χ2v) is 4.62. The first-order valence-corrected chi connectivity index (χ1v) is 6.86. The smallest absolute Gasteiger partial charge is 0.220 e. The minimum Gasteiger partial charge on any atom is -0.492 e. The molecule has 20 heavy (non-hydrogen) atoms. The van der Waals surface area contributed by atoms with Crippen molar-refractivity contribution in [1.82, 2.24) is 10.6 Å². The third-order valence-corrected chi connectivity index (χ3v) is 2.78. The number of hydrogen-bond donors (Lipinski definition) is 2. The number of hydrogen-bond acceptors (Lipinski definition) is 3. The first kappa shape index (κ1) is 16.3. The summed E-state index contributed by atoms with van der Waals surface area (Å²) in [6.07, 6.45) is 0.988. The molecule has 0 aliphatic heterocycles. The molecule has 0 saturated carbocycles. The van der Waals surface area contributed by atoms with Gasteiger partial charge in [-0.15, -0.1) is 0 Å². The van der Waals surface area contributed by atoms with Gasteiger partial charge in [-0.1, -0.05) is 23.7 Å². The van der Waals surface area contributed by atoms with Gasteiger partial charge in [0.05, 0.1) is 11.6 Å². The number of rotatable bonds is 8. The predicted molar refractivity (Wildman–Crippen MR) is 77.9 cm³/mol. The first-order chi connectivity index (χ1) is 9.59. The number of para-hydroxylation sites is 1. The van der Waals surface area contributed by atoms with Crippen LogP contribution in [0.5, 0.6) is 5.75 Å². The number of carbonyl (C=O) groups is 2. The Morgan fingerprint density at radius 3 is 2.60 bits per heavy atom. The van der Waals surface area contributed by atoms with Gasteiger partial charge in [0.25, 0.3) is 0 Å². The van der Waals surface area contributed by atoms with Gasteiger partial charge in [-0.25, -0.2) is 0 Å². The number of amides is 2. The summed E-state index contributed by atoms with van der Waals surface area (Å²) in [5.74, 6) is 0.464. The van der Waals surface area contributed by atoms with Gasteiger partial charge in [-0.2, -0.15) is 0 Å². The largest absolute Gasteiger partial charge is 0.492 e. The van der Waals surface area contributed by atoms with Crippen LogP contribution in [0.15, 0.2) is 24.3 Å². The molecule has 2 amide bonds. The molecule has 0 atom stereocenters. The van der Waals surface area contributed by atoms with Crippen LogP contribution in [0.4, 0.5) is 0 Å². The molecule has 110 valence electrons. The fraction of sp³-hybridized carbons (Fsp3) is 0.429. The lowest BCUT2D eigenvalue weighted by Crippen LogP contribution is -2.33. The normalized spacial score (nSPS) is 9.90. The molecule has 0 spiro atoms. The summed E-state index contributed by atoms with van der Waals surface area (Å²) < 4.78 is 5.48. The zero-order chi connectivity index (χ0) is 14.8. The van der Waals surface area contributed by atoms with E-state index in [1.54, 1.807) is 12.1 Å². The molecule has 1 rings (SSSR count). The van der Waals surface area contributed by atoms with Crippen molar-refractivity contribution in [2.45, 2.75) is 19.8 Å². The van der Waals surface area contributed by atoms with Crippen LogP contribution in [-0.4, -0.2) is 31.5 Å². The Hall–Kier alpha value is -1.75. The monoisotopic (exact) mass is 298 g/mol. The van der Waals surface area contributed by atoms with Crippen molar-refractivity contribution in [3.8, 4) is 5.75 Å². The number of halogens is 1. The third-order valence-electron chi connectivity index (χ3n) is 2.46. The molecular weight excluding hydrogens is 280 g/mol. The van der Waals surface area contributed by atoms with Gasteiger partial charge in [0.15, 0.2) is 0 Å². The Bertz CT molecular complexity index is 452. The van der Waals surface area contributed by atoms with Crippen LogP contribution in [-0.2, 0) is 9.59 Å². The van der Waals surface area contributed by atoms with E-state index in [4.69, 9.17) is 16.3 Å². The zero-order valence-corrected chi connectivity index (χ0v) is 12.2. The summed E-state index contributed by atoms with van der Waals surface area (Å²) in [6, 6.07) is 7.22. The van der Waals surface area contributed by atoms with E-state index >= 15 is 0 Å². The van der Waals surface area contributed by atoms with Gasteiger partial charge in [0, 0.05) is 26.4 Å². The lowest BCUT2D eigenvalue weighted by Gasteiger charge is -2.08. The molecule has 0 bridgehead atoms. The summed E-state index contributed by atoms with van der Waals surface area (Å²) >= 11 is 5.94.